The van der Waals surface area contributed by atoms with Crippen molar-refractivity contribution in [1.29, 1.82) is 0 Å². The number of hydrogen-bond donors (Lipinski definition) is 0. The maximum atomic E-state index is 13.3. The van der Waals surface area contributed by atoms with Crippen LogP contribution in [0.2, 0.25) is 0 Å². The van der Waals surface area contributed by atoms with Crippen molar-refractivity contribution in [3.05, 3.63) is 83.4 Å². The smallest absolute Gasteiger partial charge is 0.159 e. The number of nitrogens with zero attached hydrogens (tertiary/aromatic N) is 1. The van der Waals surface area contributed by atoms with Crippen molar-refractivity contribution < 1.29 is 8.78 Å². The molecule has 0 N–H and O–H groups in total. The molecule has 1 nitrogen and oxygen atoms in total. The SMILES string of the molecule is CN(Cc1ccc(F)c(F)c1)Cc1cccc2ccccc12. The van der Waals surface area contributed by atoms with Gasteiger partial charge in [-0.1, -0.05) is 48.5 Å². The highest BCUT2D eigenvalue weighted by atomic mass is 19.2. The summed E-state index contributed by atoms with van der Waals surface area (Å²) in [5, 5.41) is 2.43. The lowest BCUT2D eigenvalue weighted by Gasteiger charge is -2.18. The van der Waals surface area contributed by atoms with Crippen molar-refractivity contribution in [3.63, 3.8) is 0 Å². The van der Waals surface area contributed by atoms with Crippen molar-refractivity contribution in [2.24, 2.45) is 0 Å². The van der Waals surface area contributed by atoms with E-state index >= 15 is 0 Å². The van der Waals surface area contributed by atoms with E-state index in [1.54, 1.807) is 6.07 Å². The van der Waals surface area contributed by atoms with E-state index in [9.17, 15) is 8.78 Å². The van der Waals surface area contributed by atoms with Gasteiger partial charge in [0.05, 0.1) is 0 Å². The molecule has 0 saturated carbocycles. The minimum Gasteiger partial charge on any atom is -0.298 e. The average molecular weight is 297 g/mol. The van der Waals surface area contributed by atoms with Crippen LogP contribution < -0.4 is 0 Å². The van der Waals surface area contributed by atoms with Gasteiger partial charge >= 0.3 is 0 Å². The summed E-state index contributed by atoms with van der Waals surface area (Å²) in [5.41, 5.74) is 1.99. The molecule has 0 spiro atoms. The highest BCUT2D eigenvalue weighted by Gasteiger charge is 2.07. The quantitative estimate of drug-likeness (QED) is 0.671. The summed E-state index contributed by atoms with van der Waals surface area (Å²) >= 11 is 0. The summed E-state index contributed by atoms with van der Waals surface area (Å²) in [6.45, 7) is 1.32. The van der Waals surface area contributed by atoms with E-state index < -0.39 is 11.6 Å². The Morgan fingerprint density at radius 1 is 0.818 bits per heavy atom. The van der Waals surface area contributed by atoms with Crippen molar-refractivity contribution in [1.82, 2.24) is 4.90 Å². The van der Waals surface area contributed by atoms with Crippen molar-refractivity contribution >= 4 is 10.8 Å². The summed E-state index contributed by atoms with van der Waals surface area (Å²) in [6.07, 6.45) is 0. The zero-order valence-electron chi connectivity index (χ0n) is 12.4. The molecule has 3 aromatic carbocycles. The third-order valence-corrected chi connectivity index (χ3v) is 3.76. The maximum absolute atomic E-state index is 13.3. The fraction of sp³-hybridized carbons (Fsp3) is 0.158. The Balaban J connectivity index is 1.78. The Bertz CT molecular complexity index is 793. The molecule has 0 aliphatic carbocycles. The Labute approximate surface area is 128 Å². The van der Waals surface area contributed by atoms with E-state index in [2.05, 4.69) is 29.2 Å². The topological polar surface area (TPSA) is 3.24 Å². The summed E-state index contributed by atoms with van der Waals surface area (Å²) in [4.78, 5) is 2.09. The predicted octanol–water partition coefficient (Wildman–Crippen LogP) is 4.75. The summed E-state index contributed by atoms with van der Waals surface area (Å²) in [6, 6.07) is 18.5. The van der Waals surface area contributed by atoms with Crippen molar-refractivity contribution in [2.45, 2.75) is 13.1 Å². The first-order valence-corrected chi connectivity index (χ1v) is 7.22. The molecule has 22 heavy (non-hydrogen) atoms. The Kier molecular flexibility index (Phi) is 4.16. The van der Waals surface area contributed by atoms with E-state index in [0.29, 0.717) is 6.54 Å². The van der Waals surface area contributed by atoms with Gasteiger partial charge in [-0.05, 0) is 41.1 Å². The molecule has 3 rings (SSSR count). The van der Waals surface area contributed by atoms with Crippen LogP contribution in [0.4, 0.5) is 8.78 Å². The molecule has 0 fully saturated rings. The minimum atomic E-state index is -0.805. The molecule has 3 heteroatoms. The van der Waals surface area contributed by atoms with Gasteiger partial charge in [0.1, 0.15) is 0 Å². The molecule has 3 aromatic rings. The van der Waals surface area contributed by atoms with E-state index in [4.69, 9.17) is 0 Å². The highest BCUT2D eigenvalue weighted by Crippen LogP contribution is 2.20. The molecule has 0 unspecified atom stereocenters. The molecule has 0 radical (unpaired) electrons. The lowest BCUT2D eigenvalue weighted by Crippen LogP contribution is -2.17. The van der Waals surface area contributed by atoms with Gasteiger partial charge in [-0.2, -0.15) is 0 Å². The van der Waals surface area contributed by atoms with Crippen LogP contribution in [0.3, 0.4) is 0 Å². The number of rotatable bonds is 4. The zero-order valence-corrected chi connectivity index (χ0v) is 12.4. The fourth-order valence-corrected chi connectivity index (χ4v) is 2.73. The van der Waals surface area contributed by atoms with Gasteiger partial charge in [0.25, 0.3) is 0 Å². The van der Waals surface area contributed by atoms with Crippen LogP contribution in [-0.2, 0) is 13.1 Å². The van der Waals surface area contributed by atoms with E-state index in [1.165, 1.54) is 28.5 Å². The van der Waals surface area contributed by atoms with Gasteiger partial charge in [0, 0.05) is 13.1 Å². The normalized spacial score (nSPS) is 11.3. The molecular formula is C19H17F2N. The van der Waals surface area contributed by atoms with Crippen LogP contribution in [0.1, 0.15) is 11.1 Å². The molecule has 0 saturated heterocycles. The van der Waals surface area contributed by atoms with Crippen LogP contribution in [0.25, 0.3) is 10.8 Å². The number of benzene rings is 3. The molecule has 0 bridgehead atoms. The first-order valence-electron chi connectivity index (χ1n) is 7.22. The first kappa shape index (κ1) is 14.7. The highest BCUT2D eigenvalue weighted by molar-refractivity contribution is 5.85. The van der Waals surface area contributed by atoms with Crippen LogP contribution >= 0.6 is 0 Å². The van der Waals surface area contributed by atoms with Gasteiger partial charge in [-0.15, -0.1) is 0 Å². The molecule has 0 aliphatic rings. The number of halogens is 2. The third-order valence-electron chi connectivity index (χ3n) is 3.76. The summed E-state index contributed by atoms with van der Waals surface area (Å²) < 4.78 is 26.2. The van der Waals surface area contributed by atoms with Gasteiger partial charge in [0.15, 0.2) is 11.6 Å². The second-order valence-electron chi connectivity index (χ2n) is 5.56. The Morgan fingerprint density at radius 2 is 1.59 bits per heavy atom. The number of hydrogen-bond acceptors (Lipinski definition) is 1. The first-order chi connectivity index (χ1) is 10.6. The second-order valence-corrected chi connectivity index (χ2v) is 5.56. The molecule has 0 amide bonds. The molecule has 0 atom stereocenters. The van der Waals surface area contributed by atoms with Gasteiger partial charge in [-0.25, -0.2) is 8.78 Å². The molecule has 0 heterocycles. The Hall–Kier alpha value is -2.26. The molecular weight excluding hydrogens is 280 g/mol. The van der Waals surface area contributed by atoms with Gasteiger partial charge < -0.3 is 0 Å². The summed E-state index contributed by atoms with van der Waals surface area (Å²) in [7, 11) is 1.98. The van der Waals surface area contributed by atoms with Crippen molar-refractivity contribution in [3.8, 4) is 0 Å². The standard InChI is InChI=1S/C19H17F2N/c1-22(12-14-9-10-18(20)19(21)11-14)13-16-7-4-6-15-5-2-3-8-17(15)16/h2-11H,12-13H2,1H3. The third kappa shape index (κ3) is 3.15. The van der Waals surface area contributed by atoms with Crippen LogP contribution in [0, 0.1) is 11.6 Å². The lowest BCUT2D eigenvalue weighted by molar-refractivity contribution is 0.319. The van der Waals surface area contributed by atoms with Crippen LogP contribution in [0.5, 0.6) is 0 Å². The van der Waals surface area contributed by atoms with Crippen molar-refractivity contribution in [2.75, 3.05) is 7.05 Å². The van der Waals surface area contributed by atoms with Gasteiger partial charge in [0.2, 0.25) is 0 Å². The maximum Gasteiger partial charge on any atom is 0.159 e. The Morgan fingerprint density at radius 3 is 2.41 bits per heavy atom. The fourth-order valence-electron chi connectivity index (χ4n) is 2.73. The van der Waals surface area contributed by atoms with Crippen LogP contribution in [-0.4, -0.2) is 11.9 Å². The van der Waals surface area contributed by atoms with E-state index in [1.807, 2.05) is 25.2 Å². The van der Waals surface area contributed by atoms with Crippen LogP contribution in [0.15, 0.2) is 60.7 Å². The average Bonchev–Trinajstić information content (AvgIpc) is 2.51. The zero-order chi connectivity index (χ0) is 15.5. The van der Waals surface area contributed by atoms with E-state index in [0.717, 1.165) is 12.1 Å². The predicted molar refractivity (Wildman–Crippen MR) is 85.5 cm³/mol. The summed E-state index contributed by atoms with van der Waals surface area (Å²) in [5.74, 6) is -1.60. The van der Waals surface area contributed by atoms with E-state index in [-0.39, 0.29) is 0 Å². The largest absolute Gasteiger partial charge is 0.298 e. The second kappa shape index (κ2) is 6.24. The molecule has 0 aliphatic heterocycles. The monoisotopic (exact) mass is 297 g/mol. The minimum absolute atomic E-state index is 0.570. The number of fused-ring (bicyclic) bond motifs is 1. The lowest BCUT2D eigenvalue weighted by atomic mass is 10.0. The van der Waals surface area contributed by atoms with Gasteiger partial charge in [-0.3, -0.25) is 4.90 Å². The molecule has 112 valence electrons. The molecule has 0 aromatic heterocycles.